The summed E-state index contributed by atoms with van der Waals surface area (Å²) in [5.74, 6) is -0.429. The zero-order valence-electron chi connectivity index (χ0n) is 8.95. The van der Waals surface area contributed by atoms with Gasteiger partial charge in [-0.1, -0.05) is 0 Å². The van der Waals surface area contributed by atoms with Crippen LogP contribution in [0.3, 0.4) is 0 Å². The molecular weight excluding hydrogens is 198 g/mol. The molecule has 1 N–H and O–H groups in total. The number of esters is 1. The molecule has 1 heterocycles. The third kappa shape index (κ3) is 5.37. The highest BCUT2D eigenvalue weighted by Crippen LogP contribution is 2.11. The minimum atomic E-state index is -0.292. The standard InChI is InChI=1S/C10H17NO4/c1-8(12)11-5-4-10(13)15-7-9-3-2-6-14-9/h9H,2-7H2,1H3,(H,11,12). The fourth-order valence-corrected chi connectivity index (χ4v) is 1.37. The van der Waals surface area contributed by atoms with Crippen LogP contribution in [0.2, 0.25) is 0 Å². The summed E-state index contributed by atoms with van der Waals surface area (Å²) >= 11 is 0. The van der Waals surface area contributed by atoms with E-state index in [-0.39, 0.29) is 24.4 Å². The molecule has 1 aliphatic heterocycles. The number of rotatable bonds is 5. The molecule has 1 unspecified atom stereocenters. The Bertz CT molecular complexity index is 223. The van der Waals surface area contributed by atoms with Gasteiger partial charge in [0.2, 0.25) is 5.91 Å². The van der Waals surface area contributed by atoms with E-state index >= 15 is 0 Å². The first kappa shape index (κ1) is 12.0. The first-order chi connectivity index (χ1) is 7.18. The van der Waals surface area contributed by atoms with Crippen molar-refractivity contribution in [2.24, 2.45) is 0 Å². The minimum Gasteiger partial charge on any atom is -0.463 e. The number of carbonyl (C=O) groups is 2. The van der Waals surface area contributed by atoms with Crippen LogP contribution in [0, 0.1) is 0 Å². The van der Waals surface area contributed by atoms with Crippen LogP contribution in [0.15, 0.2) is 0 Å². The molecule has 1 amide bonds. The van der Waals surface area contributed by atoms with Crippen molar-refractivity contribution in [3.63, 3.8) is 0 Å². The molecule has 1 rings (SSSR count). The second-order valence-electron chi connectivity index (χ2n) is 3.55. The summed E-state index contributed by atoms with van der Waals surface area (Å²) in [6.45, 7) is 2.84. The van der Waals surface area contributed by atoms with Crippen LogP contribution in [0.1, 0.15) is 26.2 Å². The predicted octanol–water partition coefficient (Wildman–Crippen LogP) is 0.235. The van der Waals surface area contributed by atoms with E-state index in [1.807, 2.05) is 0 Å². The molecule has 86 valence electrons. The van der Waals surface area contributed by atoms with E-state index in [4.69, 9.17) is 9.47 Å². The summed E-state index contributed by atoms with van der Waals surface area (Å²) in [5.41, 5.74) is 0. The Morgan fingerprint density at radius 3 is 2.93 bits per heavy atom. The van der Waals surface area contributed by atoms with Crippen LogP contribution < -0.4 is 5.32 Å². The lowest BCUT2D eigenvalue weighted by molar-refractivity contribution is -0.146. The number of hydrogen-bond donors (Lipinski definition) is 1. The molecule has 0 aromatic rings. The lowest BCUT2D eigenvalue weighted by Gasteiger charge is -2.10. The molecule has 0 aromatic carbocycles. The average molecular weight is 215 g/mol. The average Bonchev–Trinajstić information content (AvgIpc) is 2.66. The van der Waals surface area contributed by atoms with Gasteiger partial charge >= 0.3 is 5.97 Å². The maximum Gasteiger partial charge on any atom is 0.307 e. The van der Waals surface area contributed by atoms with Gasteiger partial charge in [-0.3, -0.25) is 9.59 Å². The molecule has 1 saturated heterocycles. The van der Waals surface area contributed by atoms with Crippen LogP contribution in [0.25, 0.3) is 0 Å². The molecule has 15 heavy (non-hydrogen) atoms. The second kappa shape index (κ2) is 6.40. The molecule has 5 nitrogen and oxygen atoms in total. The van der Waals surface area contributed by atoms with E-state index in [0.29, 0.717) is 13.2 Å². The molecule has 1 atom stereocenters. The van der Waals surface area contributed by atoms with E-state index in [1.165, 1.54) is 6.92 Å². The molecular formula is C10H17NO4. The molecule has 0 aromatic heterocycles. The first-order valence-electron chi connectivity index (χ1n) is 5.20. The van der Waals surface area contributed by atoms with Crippen LogP contribution in [-0.2, 0) is 19.1 Å². The number of ether oxygens (including phenoxy) is 2. The van der Waals surface area contributed by atoms with Gasteiger partial charge in [0.15, 0.2) is 0 Å². The van der Waals surface area contributed by atoms with Gasteiger partial charge in [0.1, 0.15) is 6.61 Å². The van der Waals surface area contributed by atoms with Gasteiger partial charge in [-0.2, -0.15) is 0 Å². The summed E-state index contributed by atoms with van der Waals surface area (Å²) in [5, 5.41) is 2.53. The van der Waals surface area contributed by atoms with E-state index in [9.17, 15) is 9.59 Å². The summed E-state index contributed by atoms with van der Waals surface area (Å²) in [6.07, 6.45) is 2.27. The molecule has 0 bridgehead atoms. The van der Waals surface area contributed by atoms with Gasteiger partial charge in [0.25, 0.3) is 0 Å². The first-order valence-corrected chi connectivity index (χ1v) is 5.20. The van der Waals surface area contributed by atoms with Crippen molar-refractivity contribution >= 4 is 11.9 Å². The van der Waals surface area contributed by atoms with Gasteiger partial charge in [-0.15, -0.1) is 0 Å². The second-order valence-corrected chi connectivity index (χ2v) is 3.55. The summed E-state index contributed by atoms with van der Waals surface area (Å²) in [4.78, 5) is 21.7. The quantitative estimate of drug-likeness (QED) is 0.667. The van der Waals surface area contributed by atoms with Crippen LogP contribution in [-0.4, -0.2) is 37.7 Å². The zero-order chi connectivity index (χ0) is 11.1. The summed E-state index contributed by atoms with van der Waals surface area (Å²) in [6, 6.07) is 0. The van der Waals surface area contributed by atoms with Crippen molar-refractivity contribution in [1.29, 1.82) is 0 Å². The highest BCUT2D eigenvalue weighted by atomic mass is 16.6. The van der Waals surface area contributed by atoms with E-state index in [1.54, 1.807) is 0 Å². The maximum atomic E-state index is 11.2. The fraction of sp³-hybridized carbons (Fsp3) is 0.800. The van der Waals surface area contributed by atoms with Crippen molar-refractivity contribution in [2.45, 2.75) is 32.3 Å². The molecule has 0 aliphatic carbocycles. The number of carbonyl (C=O) groups excluding carboxylic acids is 2. The fourth-order valence-electron chi connectivity index (χ4n) is 1.37. The highest BCUT2D eigenvalue weighted by Gasteiger charge is 2.17. The lowest BCUT2D eigenvalue weighted by Crippen LogP contribution is -2.25. The van der Waals surface area contributed by atoms with Crippen molar-refractivity contribution in [3.05, 3.63) is 0 Å². The predicted molar refractivity (Wildman–Crippen MR) is 53.2 cm³/mol. The van der Waals surface area contributed by atoms with Crippen molar-refractivity contribution < 1.29 is 19.1 Å². The number of amides is 1. The Morgan fingerprint density at radius 2 is 2.33 bits per heavy atom. The highest BCUT2D eigenvalue weighted by molar-refractivity contribution is 5.74. The van der Waals surface area contributed by atoms with Crippen molar-refractivity contribution in [2.75, 3.05) is 19.8 Å². The Hall–Kier alpha value is -1.10. The van der Waals surface area contributed by atoms with E-state index in [2.05, 4.69) is 5.32 Å². The molecule has 0 saturated carbocycles. The van der Waals surface area contributed by atoms with Gasteiger partial charge < -0.3 is 14.8 Å². The van der Waals surface area contributed by atoms with Gasteiger partial charge in [0.05, 0.1) is 12.5 Å². The summed E-state index contributed by atoms with van der Waals surface area (Å²) in [7, 11) is 0. The van der Waals surface area contributed by atoms with Gasteiger partial charge in [-0.25, -0.2) is 0 Å². The smallest absolute Gasteiger partial charge is 0.307 e. The van der Waals surface area contributed by atoms with Gasteiger partial charge in [-0.05, 0) is 12.8 Å². The Balaban J connectivity index is 2.00. The Labute approximate surface area is 89.1 Å². The molecule has 0 spiro atoms. The monoisotopic (exact) mass is 215 g/mol. The molecule has 0 radical (unpaired) electrons. The maximum absolute atomic E-state index is 11.2. The third-order valence-electron chi connectivity index (χ3n) is 2.16. The van der Waals surface area contributed by atoms with E-state index < -0.39 is 0 Å². The molecule has 1 aliphatic rings. The van der Waals surface area contributed by atoms with Crippen LogP contribution in [0.4, 0.5) is 0 Å². The largest absolute Gasteiger partial charge is 0.463 e. The van der Waals surface area contributed by atoms with Crippen molar-refractivity contribution in [3.8, 4) is 0 Å². The normalized spacial score (nSPS) is 19.9. The third-order valence-corrected chi connectivity index (χ3v) is 2.16. The lowest BCUT2D eigenvalue weighted by atomic mass is 10.2. The van der Waals surface area contributed by atoms with Crippen LogP contribution >= 0.6 is 0 Å². The Morgan fingerprint density at radius 1 is 1.53 bits per heavy atom. The SMILES string of the molecule is CC(=O)NCCC(=O)OCC1CCCO1. The van der Waals surface area contributed by atoms with E-state index in [0.717, 1.165) is 19.4 Å². The zero-order valence-corrected chi connectivity index (χ0v) is 8.95. The van der Waals surface area contributed by atoms with Crippen LogP contribution in [0.5, 0.6) is 0 Å². The van der Waals surface area contributed by atoms with Gasteiger partial charge in [0, 0.05) is 20.1 Å². The number of hydrogen-bond acceptors (Lipinski definition) is 4. The summed E-state index contributed by atoms with van der Waals surface area (Å²) < 4.78 is 10.3. The topological polar surface area (TPSA) is 64.6 Å². The molecule has 1 fully saturated rings. The number of nitrogens with one attached hydrogen (secondary N) is 1. The van der Waals surface area contributed by atoms with Crippen molar-refractivity contribution in [1.82, 2.24) is 5.32 Å². The Kier molecular flexibility index (Phi) is 5.10. The molecule has 5 heteroatoms. The minimum absolute atomic E-state index is 0.0646.